The van der Waals surface area contributed by atoms with E-state index in [4.69, 9.17) is 4.99 Å². The molecular weight excluding hydrogens is 585 g/mol. The molecule has 3 aliphatic rings. The van der Waals surface area contributed by atoms with Gasteiger partial charge in [0.1, 0.15) is 5.54 Å². The molecule has 8 bridgehead atoms. The topological polar surface area (TPSA) is 56.0 Å². The lowest BCUT2D eigenvalue weighted by molar-refractivity contribution is 0.603. The van der Waals surface area contributed by atoms with Crippen molar-refractivity contribution in [2.75, 3.05) is 0 Å². The second-order valence-corrected chi connectivity index (χ2v) is 12.3. The summed E-state index contributed by atoms with van der Waals surface area (Å²) in [4.78, 5) is 12.9. The van der Waals surface area contributed by atoms with Crippen molar-refractivity contribution in [1.29, 1.82) is 0 Å². The smallest absolute Gasteiger partial charge is 0.102 e. The van der Waals surface area contributed by atoms with E-state index >= 15 is 0 Å². The maximum atomic E-state index is 5.27. The van der Waals surface area contributed by atoms with Gasteiger partial charge >= 0.3 is 0 Å². The quantitative estimate of drug-likeness (QED) is 0.189. The van der Waals surface area contributed by atoms with Gasteiger partial charge in [-0.05, 0) is 76.9 Å². The Kier molecular flexibility index (Phi) is 6.65. The van der Waals surface area contributed by atoms with Gasteiger partial charge in [0.05, 0.1) is 11.4 Å². The van der Waals surface area contributed by atoms with Gasteiger partial charge in [-0.2, -0.15) is 0 Å². The highest BCUT2D eigenvalue weighted by Gasteiger charge is 2.34. The van der Waals surface area contributed by atoms with Crippen molar-refractivity contribution >= 4 is 22.4 Å². The van der Waals surface area contributed by atoms with Crippen molar-refractivity contribution in [3.05, 3.63) is 232 Å². The molecule has 1 unspecified atom stereocenters. The summed E-state index contributed by atoms with van der Waals surface area (Å²) in [5, 5.41) is 6.01. The molecular formula is C44H32N4. The van der Waals surface area contributed by atoms with Crippen LogP contribution >= 0.6 is 0 Å². The number of aromatic nitrogens is 2. The number of hydrogen-bond acceptors (Lipinski definition) is 2. The van der Waals surface area contributed by atoms with Crippen molar-refractivity contribution in [2.45, 2.75) is 5.54 Å². The van der Waals surface area contributed by atoms with Crippen molar-refractivity contribution in [1.82, 2.24) is 15.3 Å². The Balaban J connectivity index is 1.38. The molecule has 0 saturated carbocycles. The predicted octanol–water partition coefficient (Wildman–Crippen LogP) is 7.51. The number of hydrogen-bond donors (Lipinski definition) is 3. The minimum absolute atomic E-state index is 0.602. The molecule has 4 nitrogen and oxygen atoms in total. The van der Waals surface area contributed by atoms with E-state index in [-0.39, 0.29) is 0 Å². The Morgan fingerprint density at radius 1 is 0.458 bits per heavy atom. The van der Waals surface area contributed by atoms with Crippen LogP contribution in [0.5, 0.6) is 0 Å². The van der Waals surface area contributed by atoms with Crippen LogP contribution in [0.1, 0.15) is 33.6 Å². The van der Waals surface area contributed by atoms with Crippen LogP contribution in [0.3, 0.4) is 0 Å². The normalized spacial score (nSPS) is 23.0. The number of aromatic amines is 2. The van der Waals surface area contributed by atoms with Gasteiger partial charge in [-0.3, -0.25) is 0 Å². The number of nitrogens with zero attached hydrogens (tertiary/aromatic N) is 1. The molecule has 0 radical (unpaired) electrons. The van der Waals surface area contributed by atoms with Crippen LogP contribution in [-0.2, 0) is 5.54 Å². The van der Waals surface area contributed by atoms with Crippen LogP contribution in [-0.4, -0.2) is 15.7 Å². The van der Waals surface area contributed by atoms with Gasteiger partial charge in [-0.15, -0.1) is 0 Å². The molecule has 2 aromatic heterocycles. The van der Waals surface area contributed by atoms with Crippen molar-refractivity contribution in [3.8, 4) is 0 Å². The molecule has 48 heavy (non-hydrogen) atoms. The minimum Gasteiger partial charge on any atom is -0.368 e. The molecule has 0 amide bonds. The molecule has 0 fully saturated rings. The summed E-state index contributed by atoms with van der Waals surface area (Å²) in [5.74, 6) is 0. The third kappa shape index (κ3) is 4.83. The summed E-state index contributed by atoms with van der Waals surface area (Å²) >= 11 is 0. The lowest BCUT2D eigenvalue weighted by atomic mass is 9.90. The Bertz CT molecular complexity index is 2440. The molecule has 4 aromatic carbocycles. The maximum Gasteiger partial charge on any atom is 0.102 e. The van der Waals surface area contributed by atoms with E-state index in [0.717, 1.165) is 78.2 Å². The first kappa shape index (κ1) is 27.9. The summed E-state index contributed by atoms with van der Waals surface area (Å²) < 4.78 is 0. The van der Waals surface area contributed by atoms with Crippen molar-refractivity contribution < 1.29 is 0 Å². The molecule has 0 saturated heterocycles. The van der Waals surface area contributed by atoms with Gasteiger partial charge in [0.15, 0.2) is 0 Å². The first-order chi connectivity index (χ1) is 23.7. The molecule has 5 heterocycles. The largest absolute Gasteiger partial charge is 0.368 e. The first-order valence-corrected chi connectivity index (χ1v) is 16.3. The zero-order chi connectivity index (χ0) is 31.9. The standard InChI is InChI=1S/C44H32N4/c1-5-13-30(14-6-1)41-35-22-21-34(45-35)29-44(33-19-11-4-12-20-33)28-27-40(48-44)43(32-17-9-3-10-18-32)39-26-25-38(47-39)42(31-15-7-2-8-16-31)37-24-23-36(41)46-37/h1-29,46-48H/b34-29-,41-36-,42-37-,43-40-. The van der Waals surface area contributed by atoms with E-state index in [2.05, 4.69) is 191 Å². The second-order valence-electron chi connectivity index (χ2n) is 12.3. The van der Waals surface area contributed by atoms with Crippen LogP contribution < -0.4 is 16.0 Å². The van der Waals surface area contributed by atoms with E-state index < -0.39 is 5.54 Å². The van der Waals surface area contributed by atoms with Crippen LogP contribution in [0.25, 0.3) is 16.7 Å². The third-order valence-corrected chi connectivity index (χ3v) is 9.31. The van der Waals surface area contributed by atoms with Crippen LogP contribution in [0.4, 0.5) is 0 Å². The fourth-order valence-corrected chi connectivity index (χ4v) is 7.09. The van der Waals surface area contributed by atoms with Gasteiger partial charge in [0.25, 0.3) is 0 Å². The van der Waals surface area contributed by atoms with E-state index in [0.29, 0.717) is 0 Å². The van der Waals surface area contributed by atoms with Gasteiger partial charge in [-0.1, -0.05) is 121 Å². The van der Waals surface area contributed by atoms with Crippen LogP contribution in [0.15, 0.2) is 192 Å². The molecule has 3 aliphatic heterocycles. The maximum absolute atomic E-state index is 5.27. The fraction of sp³-hybridized carbons (Fsp3) is 0.0227. The number of rotatable bonds is 4. The molecule has 228 valence electrons. The number of H-pyrrole nitrogens is 2. The zero-order valence-electron chi connectivity index (χ0n) is 26.2. The van der Waals surface area contributed by atoms with Gasteiger partial charge in [0.2, 0.25) is 0 Å². The third-order valence-electron chi connectivity index (χ3n) is 9.31. The Morgan fingerprint density at radius 2 is 1.00 bits per heavy atom. The van der Waals surface area contributed by atoms with Gasteiger partial charge in [0, 0.05) is 44.5 Å². The lowest BCUT2D eigenvalue weighted by Gasteiger charge is -2.28. The summed E-state index contributed by atoms with van der Waals surface area (Å²) in [7, 11) is 0. The molecule has 3 N–H and O–H groups in total. The summed E-state index contributed by atoms with van der Waals surface area (Å²) in [6.45, 7) is 0. The molecule has 1 atom stereocenters. The molecule has 4 heteroatoms. The van der Waals surface area contributed by atoms with E-state index in [1.54, 1.807) is 0 Å². The number of aliphatic imine (C=N–C) groups is 1. The number of allylic oxidation sites excluding steroid dienone is 3. The zero-order valence-corrected chi connectivity index (χ0v) is 26.2. The minimum atomic E-state index is -0.602. The highest BCUT2D eigenvalue weighted by Crippen LogP contribution is 2.38. The SMILES string of the molecule is C1=C/C2=C/C3(c4ccccc4)C=C/C(=C(\c4ccccc4)c4ccc([nH]4)/C(c4ccccc4)=c4/cc/c([nH]4)=C(\c4ccccc4)C1=N2)N3. The highest BCUT2D eigenvalue weighted by molar-refractivity contribution is 6.30. The first-order valence-electron chi connectivity index (χ1n) is 16.3. The van der Waals surface area contributed by atoms with Crippen molar-refractivity contribution in [3.63, 3.8) is 0 Å². The number of nitrogens with one attached hydrogen (secondary N) is 3. The average Bonchev–Trinajstić information content (AvgIpc) is 3.97. The molecule has 6 aromatic rings. The second kappa shape index (κ2) is 11.4. The summed E-state index contributed by atoms with van der Waals surface area (Å²) in [6.07, 6.45) is 11.0. The fourth-order valence-electron chi connectivity index (χ4n) is 7.09. The highest BCUT2D eigenvalue weighted by atomic mass is 15.0. The average molecular weight is 617 g/mol. The lowest BCUT2D eigenvalue weighted by Crippen LogP contribution is -2.34. The Labute approximate surface area is 279 Å². The van der Waals surface area contributed by atoms with E-state index in [1.165, 1.54) is 0 Å². The molecule has 0 spiro atoms. The van der Waals surface area contributed by atoms with Crippen molar-refractivity contribution in [2.24, 2.45) is 4.99 Å². The van der Waals surface area contributed by atoms with Gasteiger partial charge in [-0.25, -0.2) is 4.99 Å². The monoisotopic (exact) mass is 616 g/mol. The number of fused-ring (bicyclic) bond motifs is 7. The van der Waals surface area contributed by atoms with E-state index in [1.807, 2.05) is 0 Å². The Morgan fingerprint density at radius 3 is 1.65 bits per heavy atom. The van der Waals surface area contributed by atoms with E-state index in [9.17, 15) is 0 Å². The Hall–Kier alpha value is -6.39. The molecule has 9 rings (SSSR count). The predicted molar refractivity (Wildman–Crippen MR) is 195 cm³/mol. The summed E-state index contributed by atoms with van der Waals surface area (Å²) in [6, 6.07) is 51.1. The van der Waals surface area contributed by atoms with Crippen LogP contribution in [0, 0.1) is 0 Å². The van der Waals surface area contributed by atoms with Crippen LogP contribution in [0.2, 0.25) is 0 Å². The molecule has 0 aliphatic carbocycles. The van der Waals surface area contributed by atoms with Gasteiger partial charge < -0.3 is 15.3 Å². The number of benzene rings is 4. The summed E-state index contributed by atoms with van der Waals surface area (Å²) in [5.41, 5.74) is 12.1.